The van der Waals surface area contributed by atoms with Crippen molar-refractivity contribution in [1.82, 2.24) is 14.7 Å². The molecule has 7 heteroatoms. The zero-order valence-electron chi connectivity index (χ0n) is 16.5. The number of hydrogen-bond donors (Lipinski definition) is 1. The number of rotatable bonds is 7. The van der Waals surface area contributed by atoms with Crippen LogP contribution in [0.25, 0.3) is 0 Å². The molecule has 0 atom stereocenters. The average molecular weight is 369 g/mol. The summed E-state index contributed by atoms with van der Waals surface area (Å²) in [6.07, 6.45) is 6.03. The summed E-state index contributed by atoms with van der Waals surface area (Å²) in [5, 5.41) is 0. The summed E-state index contributed by atoms with van der Waals surface area (Å²) in [6.45, 7) is 8.79. The second-order valence-electron chi connectivity index (χ2n) is 7.53. The van der Waals surface area contributed by atoms with Crippen molar-refractivity contribution in [3.8, 4) is 0 Å². The molecule has 2 saturated heterocycles. The highest BCUT2D eigenvalue weighted by Gasteiger charge is 2.27. The molecule has 0 unspecified atom stereocenters. The first-order chi connectivity index (χ1) is 12.5. The fraction of sp³-hybridized carbons (Fsp3) is 0.895. The molecule has 0 radical (unpaired) electrons. The zero-order valence-corrected chi connectivity index (χ0v) is 16.5. The largest absolute Gasteiger partial charge is 0.439 e. The van der Waals surface area contributed by atoms with Crippen molar-refractivity contribution >= 4 is 12.0 Å². The lowest BCUT2D eigenvalue weighted by Crippen LogP contribution is -2.53. The minimum Gasteiger partial charge on any atom is -0.439 e. The van der Waals surface area contributed by atoms with E-state index >= 15 is 0 Å². The van der Waals surface area contributed by atoms with Gasteiger partial charge in [-0.3, -0.25) is 9.69 Å². The van der Waals surface area contributed by atoms with Crippen molar-refractivity contribution in [1.29, 1.82) is 0 Å². The maximum Gasteiger partial charge on any atom is 0.410 e. The summed E-state index contributed by atoms with van der Waals surface area (Å²) in [4.78, 5) is 30.4. The first-order valence-corrected chi connectivity index (χ1v) is 10.2. The predicted molar refractivity (Wildman–Crippen MR) is 102 cm³/mol. The SMILES string of the molecule is CCCC(CCC)N1CCN(C(=O)COC(=O)N2CCC(N)CC2)CC1. The summed E-state index contributed by atoms with van der Waals surface area (Å²) in [7, 11) is 0. The van der Waals surface area contributed by atoms with E-state index < -0.39 is 6.09 Å². The molecule has 0 aromatic rings. The Labute approximate surface area is 157 Å². The van der Waals surface area contributed by atoms with E-state index in [9.17, 15) is 9.59 Å². The van der Waals surface area contributed by atoms with E-state index in [4.69, 9.17) is 10.5 Å². The molecule has 0 spiro atoms. The van der Waals surface area contributed by atoms with Gasteiger partial charge in [0.2, 0.25) is 0 Å². The standard InChI is InChI=1S/C19H36N4O3/c1-3-5-17(6-4-2)21-11-13-22(14-12-21)18(24)15-26-19(25)23-9-7-16(20)8-10-23/h16-17H,3-15,20H2,1-2H3. The first kappa shape index (κ1) is 21.0. The van der Waals surface area contributed by atoms with Crippen molar-refractivity contribution in [3.63, 3.8) is 0 Å². The smallest absolute Gasteiger partial charge is 0.410 e. The van der Waals surface area contributed by atoms with Gasteiger partial charge >= 0.3 is 6.09 Å². The van der Waals surface area contributed by atoms with E-state index in [1.807, 2.05) is 4.90 Å². The van der Waals surface area contributed by atoms with Gasteiger partial charge in [-0.25, -0.2) is 4.79 Å². The van der Waals surface area contributed by atoms with Crippen molar-refractivity contribution in [2.75, 3.05) is 45.9 Å². The zero-order chi connectivity index (χ0) is 18.9. The maximum atomic E-state index is 12.4. The lowest BCUT2D eigenvalue weighted by atomic mass is 10.0. The van der Waals surface area contributed by atoms with Gasteiger partial charge in [0.05, 0.1) is 0 Å². The molecule has 0 saturated carbocycles. The van der Waals surface area contributed by atoms with Crippen LogP contribution in [0.2, 0.25) is 0 Å². The summed E-state index contributed by atoms with van der Waals surface area (Å²) < 4.78 is 5.22. The van der Waals surface area contributed by atoms with Crippen LogP contribution in [-0.2, 0) is 9.53 Å². The van der Waals surface area contributed by atoms with E-state index in [2.05, 4.69) is 18.7 Å². The molecule has 2 fully saturated rings. The quantitative estimate of drug-likeness (QED) is 0.739. The summed E-state index contributed by atoms with van der Waals surface area (Å²) in [5.41, 5.74) is 5.84. The van der Waals surface area contributed by atoms with Gasteiger partial charge in [-0.15, -0.1) is 0 Å². The van der Waals surface area contributed by atoms with Crippen LogP contribution in [0.15, 0.2) is 0 Å². The second-order valence-corrected chi connectivity index (χ2v) is 7.53. The third kappa shape index (κ3) is 6.13. The molecular weight excluding hydrogens is 332 g/mol. The molecule has 0 aliphatic carbocycles. The van der Waals surface area contributed by atoms with E-state index in [1.54, 1.807) is 4.90 Å². The van der Waals surface area contributed by atoms with E-state index in [-0.39, 0.29) is 18.6 Å². The fourth-order valence-electron chi connectivity index (χ4n) is 3.90. The van der Waals surface area contributed by atoms with Crippen LogP contribution >= 0.6 is 0 Å². The monoisotopic (exact) mass is 368 g/mol. The molecule has 150 valence electrons. The molecule has 2 aliphatic heterocycles. The van der Waals surface area contributed by atoms with Crippen LogP contribution in [0.4, 0.5) is 4.79 Å². The van der Waals surface area contributed by atoms with Crippen LogP contribution in [0, 0.1) is 0 Å². The molecule has 2 heterocycles. The Morgan fingerprint density at radius 3 is 2.08 bits per heavy atom. The van der Waals surface area contributed by atoms with Gasteiger partial charge < -0.3 is 20.3 Å². The Morgan fingerprint density at radius 2 is 1.54 bits per heavy atom. The van der Waals surface area contributed by atoms with Crippen molar-refractivity contribution in [2.24, 2.45) is 5.73 Å². The molecule has 0 aromatic carbocycles. The van der Waals surface area contributed by atoms with Crippen LogP contribution < -0.4 is 5.73 Å². The molecule has 0 bridgehead atoms. The summed E-state index contributed by atoms with van der Waals surface area (Å²) in [6, 6.07) is 0.798. The molecule has 2 N–H and O–H groups in total. The Bertz CT molecular complexity index is 438. The van der Waals surface area contributed by atoms with E-state index in [0.29, 0.717) is 19.1 Å². The fourth-order valence-corrected chi connectivity index (χ4v) is 3.90. The van der Waals surface area contributed by atoms with E-state index in [1.165, 1.54) is 25.7 Å². The normalized spacial score (nSPS) is 19.8. The molecule has 26 heavy (non-hydrogen) atoms. The number of piperazine rings is 1. The highest BCUT2D eigenvalue weighted by Crippen LogP contribution is 2.16. The second kappa shape index (κ2) is 10.7. The van der Waals surface area contributed by atoms with Gasteiger partial charge in [-0.05, 0) is 25.7 Å². The minimum atomic E-state index is -0.394. The number of likely N-dealkylation sites (tertiary alicyclic amines) is 1. The summed E-state index contributed by atoms with van der Waals surface area (Å²) in [5.74, 6) is -0.0887. The number of piperidine rings is 1. The number of amides is 2. The number of carbonyl (C=O) groups is 2. The van der Waals surface area contributed by atoms with Crippen LogP contribution in [0.5, 0.6) is 0 Å². The maximum absolute atomic E-state index is 12.4. The Kier molecular flexibility index (Phi) is 8.65. The molecule has 0 aromatic heterocycles. The molecule has 7 nitrogen and oxygen atoms in total. The lowest BCUT2D eigenvalue weighted by molar-refractivity contribution is -0.136. The topological polar surface area (TPSA) is 79.1 Å². The van der Waals surface area contributed by atoms with Gasteiger partial charge in [-0.1, -0.05) is 26.7 Å². The van der Waals surface area contributed by atoms with E-state index in [0.717, 1.165) is 39.0 Å². The van der Waals surface area contributed by atoms with Crippen molar-refractivity contribution in [3.05, 3.63) is 0 Å². The number of nitrogens with zero attached hydrogens (tertiary/aromatic N) is 3. The Hall–Kier alpha value is -1.34. The van der Waals surface area contributed by atoms with Gasteiger partial charge in [0.25, 0.3) is 5.91 Å². The third-order valence-electron chi connectivity index (χ3n) is 5.54. The Morgan fingerprint density at radius 1 is 0.962 bits per heavy atom. The van der Waals surface area contributed by atoms with Crippen molar-refractivity contribution in [2.45, 2.75) is 64.5 Å². The molecule has 2 aliphatic rings. The van der Waals surface area contributed by atoms with Crippen LogP contribution in [0.3, 0.4) is 0 Å². The van der Waals surface area contributed by atoms with Gasteiger partial charge in [-0.2, -0.15) is 0 Å². The number of nitrogens with two attached hydrogens (primary N) is 1. The lowest BCUT2D eigenvalue weighted by Gasteiger charge is -2.39. The summed E-state index contributed by atoms with van der Waals surface area (Å²) >= 11 is 0. The van der Waals surface area contributed by atoms with Gasteiger partial charge in [0.1, 0.15) is 0 Å². The molecule has 2 rings (SSSR count). The number of carbonyl (C=O) groups excluding carboxylic acids is 2. The average Bonchev–Trinajstić information content (AvgIpc) is 2.66. The predicted octanol–water partition coefficient (Wildman–Crippen LogP) is 1.66. The Balaban J connectivity index is 1.70. The molecule has 2 amide bonds. The van der Waals surface area contributed by atoms with Crippen molar-refractivity contribution < 1.29 is 14.3 Å². The third-order valence-corrected chi connectivity index (χ3v) is 5.54. The highest BCUT2D eigenvalue weighted by atomic mass is 16.6. The highest BCUT2D eigenvalue weighted by molar-refractivity contribution is 5.80. The van der Waals surface area contributed by atoms with Gasteiger partial charge in [0, 0.05) is 51.4 Å². The molecular formula is C19H36N4O3. The number of hydrogen-bond acceptors (Lipinski definition) is 5. The minimum absolute atomic E-state index is 0.0887. The number of ether oxygens (including phenoxy) is 1. The van der Waals surface area contributed by atoms with Crippen LogP contribution in [-0.4, -0.2) is 84.7 Å². The van der Waals surface area contributed by atoms with Gasteiger partial charge in [0.15, 0.2) is 6.61 Å². The first-order valence-electron chi connectivity index (χ1n) is 10.2. The van der Waals surface area contributed by atoms with Crippen LogP contribution in [0.1, 0.15) is 52.4 Å².